The van der Waals surface area contributed by atoms with Crippen LogP contribution in [-0.4, -0.2) is 29.3 Å². The van der Waals surface area contributed by atoms with Crippen molar-refractivity contribution in [2.24, 2.45) is 0 Å². The van der Waals surface area contributed by atoms with Crippen LogP contribution in [0.2, 0.25) is 0 Å². The molecule has 104 valence electrons. The van der Waals surface area contributed by atoms with Gasteiger partial charge in [0.05, 0.1) is 5.56 Å². The lowest BCUT2D eigenvalue weighted by molar-refractivity contribution is 0.0728. The van der Waals surface area contributed by atoms with Crippen molar-refractivity contribution in [2.75, 3.05) is 12.4 Å². The van der Waals surface area contributed by atoms with Gasteiger partial charge in [0.25, 0.3) is 5.91 Å². The van der Waals surface area contributed by atoms with E-state index < -0.39 is 28.9 Å². The van der Waals surface area contributed by atoms with Gasteiger partial charge in [0.15, 0.2) is 17.5 Å². The van der Waals surface area contributed by atoms with Crippen LogP contribution >= 0.6 is 11.6 Å². The van der Waals surface area contributed by atoms with Gasteiger partial charge in [0, 0.05) is 18.5 Å². The summed E-state index contributed by atoms with van der Waals surface area (Å²) >= 11 is 5.65. The van der Waals surface area contributed by atoms with Crippen molar-refractivity contribution in [3.8, 4) is 0 Å². The SMILES string of the molecule is O=C(c1ccc(F)c(F)c1F)N1CCCC1CCCl. The second-order valence-corrected chi connectivity index (χ2v) is 4.87. The van der Waals surface area contributed by atoms with Gasteiger partial charge in [-0.25, -0.2) is 13.2 Å². The minimum Gasteiger partial charge on any atom is -0.336 e. The molecule has 2 rings (SSSR count). The van der Waals surface area contributed by atoms with Crippen LogP contribution in [0.15, 0.2) is 12.1 Å². The van der Waals surface area contributed by atoms with E-state index in [9.17, 15) is 18.0 Å². The molecule has 1 aliphatic heterocycles. The molecule has 1 aliphatic rings. The smallest absolute Gasteiger partial charge is 0.257 e. The van der Waals surface area contributed by atoms with Crippen LogP contribution in [0.25, 0.3) is 0 Å². The van der Waals surface area contributed by atoms with Crippen molar-refractivity contribution in [3.05, 3.63) is 35.1 Å². The van der Waals surface area contributed by atoms with Gasteiger partial charge in [0.2, 0.25) is 0 Å². The molecule has 0 aromatic heterocycles. The number of hydrogen-bond donors (Lipinski definition) is 0. The maximum atomic E-state index is 13.6. The predicted octanol–water partition coefficient (Wildman–Crippen LogP) is 3.34. The first-order valence-corrected chi connectivity index (χ1v) is 6.60. The monoisotopic (exact) mass is 291 g/mol. The number of benzene rings is 1. The second-order valence-electron chi connectivity index (χ2n) is 4.50. The normalized spacial score (nSPS) is 18.9. The van der Waals surface area contributed by atoms with Gasteiger partial charge in [-0.05, 0) is 31.4 Å². The van der Waals surface area contributed by atoms with Gasteiger partial charge in [-0.3, -0.25) is 4.79 Å². The lowest BCUT2D eigenvalue weighted by atomic mass is 10.1. The van der Waals surface area contributed by atoms with Crippen LogP contribution in [0, 0.1) is 17.5 Å². The molecule has 6 heteroatoms. The maximum Gasteiger partial charge on any atom is 0.257 e. The molecular weight excluding hydrogens is 279 g/mol. The fourth-order valence-electron chi connectivity index (χ4n) is 2.37. The molecule has 1 saturated heterocycles. The van der Waals surface area contributed by atoms with Crippen molar-refractivity contribution >= 4 is 17.5 Å². The minimum atomic E-state index is -1.61. The summed E-state index contributed by atoms with van der Waals surface area (Å²) in [5, 5.41) is 0. The third-order valence-corrected chi connectivity index (χ3v) is 3.56. The molecule has 1 unspecified atom stereocenters. The Morgan fingerprint density at radius 3 is 2.74 bits per heavy atom. The number of alkyl halides is 1. The molecule has 1 atom stereocenters. The van der Waals surface area contributed by atoms with Crippen LogP contribution < -0.4 is 0 Å². The summed E-state index contributed by atoms with van der Waals surface area (Å²) in [6.07, 6.45) is 2.21. The van der Waals surface area contributed by atoms with E-state index in [-0.39, 0.29) is 6.04 Å². The molecule has 0 spiro atoms. The Labute approximate surface area is 114 Å². The molecule has 1 aromatic carbocycles. The molecule has 0 bridgehead atoms. The van der Waals surface area contributed by atoms with Gasteiger partial charge < -0.3 is 4.90 Å². The van der Waals surface area contributed by atoms with E-state index in [1.165, 1.54) is 4.90 Å². The highest BCUT2D eigenvalue weighted by Gasteiger charge is 2.31. The summed E-state index contributed by atoms with van der Waals surface area (Å²) in [5.41, 5.74) is -0.430. The van der Waals surface area contributed by atoms with E-state index in [1.807, 2.05) is 0 Å². The molecule has 0 radical (unpaired) electrons. The van der Waals surface area contributed by atoms with Crippen molar-refractivity contribution in [1.29, 1.82) is 0 Å². The number of halogens is 4. The number of nitrogens with zero attached hydrogens (tertiary/aromatic N) is 1. The molecular formula is C13H13ClF3NO. The van der Waals surface area contributed by atoms with Gasteiger partial charge in [0.1, 0.15) is 0 Å². The van der Waals surface area contributed by atoms with Gasteiger partial charge in [-0.1, -0.05) is 0 Å². The van der Waals surface area contributed by atoms with Gasteiger partial charge >= 0.3 is 0 Å². The van der Waals surface area contributed by atoms with E-state index in [4.69, 9.17) is 11.6 Å². The highest BCUT2D eigenvalue weighted by atomic mass is 35.5. The first-order valence-electron chi connectivity index (χ1n) is 6.06. The van der Waals surface area contributed by atoms with Crippen LogP contribution in [0.5, 0.6) is 0 Å². The highest BCUT2D eigenvalue weighted by Crippen LogP contribution is 2.25. The van der Waals surface area contributed by atoms with Crippen LogP contribution in [-0.2, 0) is 0 Å². The van der Waals surface area contributed by atoms with Crippen molar-refractivity contribution < 1.29 is 18.0 Å². The standard InChI is InChI=1S/C13H13ClF3NO/c14-6-5-8-2-1-7-18(8)13(19)9-3-4-10(15)12(17)11(9)16/h3-4,8H,1-2,5-7H2. The Hall–Kier alpha value is -1.23. The third kappa shape index (κ3) is 2.71. The van der Waals surface area contributed by atoms with Gasteiger partial charge in [-0.15, -0.1) is 11.6 Å². The van der Waals surface area contributed by atoms with Gasteiger partial charge in [-0.2, -0.15) is 0 Å². The van der Waals surface area contributed by atoms with E-state index in [1.54, 1.807) is 0 Å². The Kier molecular flexibility index (Phi) is 4.34. The average molecular weight is 292 g/mol. The molecule has 1 heterocycles. The number of rotatable bonds is 3. The van der Waals surface area contributed by atoms with Crippen LogP contribution in [0.4, 0.5) is 13.2 Å². The lowest BCUT2D eigenvalue weighted by Crippen LogP contribution is -2.36. The first kappa shape index (κ1) is 14.2. The highest BCUT2D eigenvalue weighted by molar-refractivity contribution is 6.17. The fraction of sp³-hybridized carbons (Fsp3) is 0.462. The Bertz CT molecular complexity index is 495. The van der Waals surface area contributed by atoms with Crippen LogP contribution in [0.3, 0.4) is 0 Å². The molecule has 0 N–H and O–H groups in total. The lowest BCUT2D eigenvalue weighted by Gasteiger charge is -2.24. The first-order chi connectivity index (χ1) is 9.06. The quantitative estimate of drug-likeness (QED) is 0.618. The maximum absolute atomic E-state index is 13.6. The summed E-state index contributed by atoms with van der Waals surface area (Å²) in [7, 11) is 0. The molecule has 1 amide bonds. The largest absolute Gasteiger partial charge is 0.336 e. The van der Waals surface area contributed by atoms with E-state index >= 15 is 0 Å². The number of carbonyl (C=O) groups excluding carboxylic acids is 1. The van der Waals surface area contributed by atoms with E-state index in [0.29, 0.717) is 18.8 Å². The summed E-state index contributed by atoms with van der Waals surface area (Å²) in [5.74, 6) is -4.55. The average Bonchev–Trinajstić information content (AvgIpc) is 2.84. The molecule has 1 fully saturated rings. The predicted molar refractivity (Wildman–Crippen MR) is 65.7 cm³/mol. The zero-order valence-electron chi connectivity index (χ0n) is 10.1. The number of carbonyl (C=O) groups is 1. The summed E-state index contributed by atoms with van der Waals surface area (Å²) in [4.78, 5) is 13.7. The minimum absolute atomic E-state index is 0.0579. The van der Waals surface area contributed by atoms with Crippen molar-refractivity contribution in [3.63, 3.8) is 0 Å². The van der Waals surface area contributed by atoms with Crippen molar-refractivity contribution in [2.45, 2.75) is 25.3 Å². The summed E-state index contributed by atoms with van der Waals surface area (Å²) < 4.78 is 39.6. The Morgan fingerprint density at radius 1 is 1.32 bits per heavy atom. The zero-order chi connectivity index (χ0) is 14.0. The number of hydrogen-bond acceptors (Lipinski definition) is 1. The van der Waals surface area contributed by atoms with E-state index in [0.717, 1.165) is 25.0 Å². The summed E-state index contributed by atoms with van der Waals surface area (Å²) in [6, 6.07) is 1.68. The Balaban J connectivity index is 2.27. The van der Waals surface area contributed by atoms with Crippen LogP contribution in [0.1, 0.15) is 29.6 Å². The number of likely N-dealkylation sites (tertiary alicyclic amines) is 1. The zero-order valence-corrected chi connectivity index (χ0v) is 10.9. The third-order valence-electron chi connectivity index (χ3n) is 3.35. The second kappa shape index (κ2) is 5.82. The molecule has 19 heavy (non-hydrogen) atoms. The number of amides is 1. The fourth-order valence-corrected chi connectivity index (χ4v) is 2.63. The molecule has 1 aromatic rings. The van der Waals surface area contributed by atoms with Crippen molar-refractivity contribution in [1.82, 2.24) is 4.90 Å². The Morgan fingerprint density at radius 2 is 2.05 bits per heavy atom. The topological polar surface area (TPSA) is 20.3 Å². The molecule has 0 saturated carbocycles. The summed E-state index contributed by atoms with van der Waals surface area (Å²) in [6.45, 7) is 0.485. The molecule has 2 nitrogen and oxygen atoms in total. The molecule has 0 aliphatic carbocycles. The van der Waals surface area contributed by atoms with E-state index in [2.05, 4.69) is 0 Å².